The number of carbonyl (C=O) groups is 2. The highest BCUT2D eigenvalue weighted by Crippen LogP contribution is 2.69. The maximum absolute atomic E-state index is 12.6. The van der Waals surface area contributed by atoms with Gasteiger partial charge in [0.1, 0.15) is 0 Å². The first-order valence-corrected chi connectivity index (χ1v) is 14.4. The van der Waals surface area contributed by atoms with Gasteiger partial charge in [-0.2, -0.15) is 0 Å². The monoisotopic (exact) mass is 489 g/mol. The first-order chi connectivity index (χ1) is 17.1. The molecule has 4 fully saturated rings. The summed E-state index contributed by atoms with van der Waals surface area (Å²) in [7, 11) is 0. The number of hydrogen-bond donors (Lipinski definition) is 2. The summed E-state index contributed by atoms with van der Waals surface area (Å²) in [5.74, 6) is 3.30. The van der Waals surface area contributed by atoms with Crippen molar-refractivity contribution in [3.8, 4) is 0 Å². The average Bonchev–Trinajstić information content (AvgIpc) is 3.30. The predicted octanol–water partition coefficient (Wildman–Crippen LogP) is 6.94. The Kier molecular flexibility index (Phi) is 5.52. The fourth-order valence-electron chi connectivity index (χ4n) is 10.9. The maximum atomic E-state index is 12.6. The maximum Gasteiger partial charge on any atom is 0.335 e. The van der Waals surface area contributed by atoms with Gasteiger partial charge in [-0.25, -0.2) is 4.79 Å². The number of fused-ring (bicyclic) bond motifs is 7. The van der Waals surface area contributed by atoms with Crippen molar-refractivity contribution in [1.29, 1.82) is 0 Å². The predicted molar refractivity (Wildman–Crippen MR) is 142 cm³/mol. The van der Waals surface area contributed by atoms with Crippen LogP contribution in [0.15, 0.2) is 30.3 Å². The highest BCUT2D eigenvalue weighted by atomic mass is 16.4. The third kappa shape index (κ3) is 3.24. The Morgan fingerprint density at radius 2 is 1.56 bits per heavy atom. The molecular weight excluding hydrogens is 446 g/mol. The molecule has 5 aliphatic carbocycles. The largest absolute Gasteiger partial charge is 0.478 e. The van der Waals surface area contributed by atoms with E-state index in [-0.39, 0.29) is 16.7 Å². The van der Waals surface area contributed by atoms with E-state index in [4.69, 9.17) is 5.73 Å². The summed E-state index contributed by atoms with van der Waals surface area (Å²) in [4.78, 5) is 24.0. The number of nitrogens with two attached hydrogens (primary N) is 1. The Morgan fingerprint density at radius 1 is 0.861 bits per heavy atom. The lowest BCUT2D eigenvalue weighted by Crippen LogP contribution is -2.57. The van der Waals surface area contributed by atoms with Gasteiger partial charge < -0.3 is 10.8 Å². The third-order valence-electron chi connectivity index (χ3n) is 12.4. The summed E-state index contributed by atoms with van der Waals surface area (Å²) >= 11 is 0. The highest BCUT2D eigenvalue weighted by Gasteiger charge is 2.62. The molecule has 0 bridgehead atoms. The molecule has 3 N–H and O–H groups in total. The van der Waals surface area contributed by atoms with Crippen LogP contribution in [0.1, 0.15) is 101 Å². The number of aromatic carboxylic acids is 1. The van der Waals surface area contributed by atoms with Gasteiger partial charge in [0.05, 0.1) is 11.0 Å². The van der Waals surface area contributed by atoms with Crippen LogP contribution < -0.4 is 5.73 Å². The van der Waals surface area contributed by atoms with Crippen LogP contribution in [-0.4, -0.2) is 17.0 Å². The number of carboxylic acids is 1. The van der Waals surface area contributed by atoms with Gasteiger partial charge >= 0.3 is 5.97 Å². The van der Waals surface area contributed by atoms with Crippen molar-refractivity contribution < 1.29 is 14.7 Å². The van der Waals surface area contributed by atoms with Crippen LogP contribution in [0.5, 0.6) is 0 Å². The summed E-state index contributed by atoms with van der Waals surface area (Å²) in [6.45, 7) is 7.44. The standard InChI is InChI=1S/C32H43NO3/c1-30(2)24(19-6-8-20(9-7-19)28(34)35)15-17-31(3)25-12-10-23-21(22(25)11-13-27(30)31)14-18-32(29(33)36)16-4-5-26(23)32/h6-9,15,21-23,25-27H,4-5,10-14,16-18H2,1-3H3,(H2,33,36)(H,34,35)/t21?,22?,23?,25?,26?,27?,31-,32+/m1/s1. The van der Waals surface area contributed by atoms with Gasteiger partial charge in [0.25, 0.3) is 0 Å². The van der Waals surface area contributed by atoms with Crippen LogP contribution in [0, 0.1) is 51.8 Å². The Hall–Kier alpha value is -2.10. The topological polar surface area (TPSA) is 80.4 Å². The second-order valence-corrected chi connectivity index (χ2v) is 13.8. The molecule has 4 saturated carbocycles. The van der Waals surface area contributed by atoms with Gasteiger partial charge in [0, 0.05) is 0 Å². The molecule has 0 spiro atoms. The van der Waals surface area contributed by atoms with E-state index >= 15 is 0 Å². The number of carbonyl (C=O) groups excluding carboxylic acids is 1. The first kappa shape index (κ1) is 24.2. The summed E-state index contributed by atoms with van der Waals surface area (Å²) in [5, 5.41) is 9.32. The number of amides is 1. The first-order valence-electron chi connectivity index (χ1n) is 14.4. The molecule has 36 heavy (non-hydrogen) atoms. The molecule has 4 nitrogen and oxygen atoms in total. The molecule has 1 amide bonds. The Balaban J connectivity index is 1.29. The van der Waals surface area contributed by atoms with E-state index in [0.29, 0.717) is 28.7 Å². The second kappa shape index (κ2) is 8.20. The lowest BCUT2D eigenvalue weighted by Gasteiger charge is -2.64. The molecule has 4 heteroatoms. The van der Waals surface area contributed by atoms with Gasteiger partial charge in [-0.3, -0.25) is 4.79 Å². The lowest BCUT2D eigenvalue weighted by atomic mass is 9.40. The molecule has 0 saturated heterocycles. The second-order valence-electron chi connectivity index (χ2n) is 13.8. The van der Waals surface area contributed by atoms with E-state index in [1.165, 1.54) is 56.1 Å². The van der Waals surface area contributed by atoms with Gasteiger partial charge in [-0.05, 0) is 127 Å². The van der Waals surface area contributed by atoms with Gasteiger partial charge in [0.2, 0.25) is 5.91 Å². The zero-order valence-corrected chi connectivity index (χ0v) is 22.3. The normalized spacial score (nSPS) is 42.8. The molecule has 6 unspecified atom stereocenters. The summed E-state index contributed by atoms with van der Waals surface area (Å²) in [6, 6.07) is 7.51. The Labute approximate surface area is 216 Å². The van der Waals surface area contributed by atoms with E-state index < -0.39 is 5.97 Å². The van der Waals surface area contributed by atoms with Crippen LogP contribution in [0.2, 0.25) is 0 Å². The minimum Gasteiger partial charge on any atom is -0.478 e. The number of allylic oxidation sites excluding steroid dienone is 2. The van der Waals surface area contributed by atoms with E-state index in [9.17, 15) is 14.7 Å². The molecule has 0 aliphatic heterocycles. The number of carboxylic acid groups (broad SMARTS) is 1. The van der Waals surface area contributed by atoms with Crippen LogP contribution in [0.3, 0.4) is 0 Å². The summed E-state index contributed by atoms with van der Waals surface area (Å²) in [5.41, 5.74) is 9.12. The van der Waals surface area contributed by atoms with E-state index in [1.807, 2.05) is 12.1 Å². The van der Waals surface area contributed by atoms with Crippen molar-refractivity contribution in [2.24, 2.45) is 57.5 Å². The quantitative estimate of drug-likeness (QED) is 0.483. The molecule has 5 aliphatic rings. The minimum atomic E-state index is -0.867. The average molecular weight is 490 g/mol. The van der Waals surface area contributed by atoms with Crippen molar-refractivity contribution in [2.45, 2.75) is 85.0 Å². The highest BCUT2D eigenvalue weighted by molar-refractivity contribution is 5.88. The number of primary amides is 1. The summed E-state index contributed by atoms with van der Waals surface area (Å²) in [6.07, 6.45) is 14.4. The van der Waals surface area contributed by atoms with Crippen molar-refractivity contribution in [3.05, 3.63) is 41.5 Å². The minimum absolute atomic E-state index is 0.00988. The Morgan fingerprint density at radius 3 is 2.25 bits per heavy atom. The number of rotatable bonds is 3. The SMILES string of the molecule is CC1(C)C(c2ccc(C(=O)O)cc2)=CC[C@]2(C)C3CCC4C(CC[C@@]5(C(N)=O)CCCC45)C3CCC12. The van der Waals surface area contributed by atoms with E-state index in [1.54, 1.807) is 12.1 Å². The zero-order chi connectivity index (χ0) is 25.5. The van der Waals surface area contributed by atoms with Crippen molar-refractivity contribution in [2.75, 3.05) is 0 Å². The van der Waals surface area contributed by atoms with Crippen LogP contribution in [-0.2, 0) is 4.79 Å². The van der Waals surface area contributed by atoms with Crippen molar-refractivity contribution >= 4 is 17.4 Å². The Bertz CT molecular complexity index is 1100. The molecule has 8 atom stereocenters. The van der Waals surface area contributed by atoms with Crippen LogP contribution >= 0.6 is 0 Å². The van der Waals surface area contributed by atoms with Gasteiger partial charge in [0.15, 0.2) is 0 Å². The van der Waals surface area contributed by atoms with E-state index in [2.05, 4.69) is 26.8 Å². The molecule has 6 rings (SSSR count). The van der Waals surface area contributed by atoms with Crippen LogP contribution in [0.4, 0.5) is 0 Å². The number of benzene rings is 1. The van der Waals surface area contributed by atoms with Crippen molar-refractivity contribution in [1.82, 2.24) is 0 Å². The molecule has 0 radical (unpaired) electrons. The van der Waals surface area contributed by atoms with Gasteiger partial charge in [-0.15, -0.1) is 0 Å². The van der Waals surface area contributed by atoms with Gasteiger partial charge in [-0.1, -0.05) is 45.4 Å². The fraction of sp³-hybridized carbons (Fsp3) is 0.688. The smallest absolute Gasteiger partial charge is 0.335 e. The lowest BCUT2D eigenvalue weighted by molar-refractivity contribution is -0.149. The van der Waals surface area contributed by atoms with Crippen molar-refractivity contribution in [3.63, 3.8) is 0 Å². The third-order valence-corrected chi connectivity index (χ3v) is 12.4. The molecule has 194 valence electrons. The zero-order valence-electron chi connectivity index (χ0n) is 22.3. The fourth-order valence-corrected chi connectivity index (χ4v) is 10.9. The number of hydrogen-bond acceptors (Lipinski definition) is 2. The molecule has 0 heterocycles. The summed E-state index contributed by atoms with van der Waals surface area (Å²) < 4.78 is 0. The van der Waals surface area contributed by atoms with Crippen LogP contribution in [0.25, 0.3) is 5.57 Å². The molecule has 1 aromatic rings. The molecule has 1 aromatic carbocycles. The molecule has 0 aromatic heterocycles. The van der Waals surface area contributed by atoms with E-state index in [0.717, 1.165) is 37.0 Å². The molecular formula is C32H43NO3.